The maximum atomic E-state index is 12.4. The summed E-state index contributed by atoms with van der Waals surface area (Å²) >= 11 is 0. The first-order valence-corrected chi connectivity index (χ1v) is 6.85. The number of rotatable bonds is 3. The van der Waals surface area contributed by atoms with Gasteiger partial charge in [0, 0.05) is 6.54 Å². The van der Waals surface area contributed by atoms with Crippen LogP contribution < -0.4 is 0 Å². The van der Waals surface area contributed by atoms with Crippen LogP contribution >= 0.6 is 0 Å². The lowest BCUT2D eigenvalue weighted by Gasteiger charge is -2.36. The molecule has 0 spiro atoms. The minimum atomic E-state index is -1.01. The molecule has 2 heterocycles. The third kappa shape index (κ3) is 2.41. The molecule has 0 saturated carbocycles. The number of hydrogen-bond acceptors (Lipinski definition) is 5. The summed E-state index contributed by atoms with van der Waals surface area (Å²) in [6.07, 6.45) is -2.36. The molecule has 2 saturated heterocycles. The third-order valence-corrected chi connectivity index (χ3v) is 3.93. The average Bonchev–Trinajstić information content (AvgIpc) is 2.92. The van der Waals surface area contributed by atoms with E-state index in [1.807, 2.05) is 37.3 Å². The second kappa shape index (κ2) is 5.46. The highest BCUT2D eigenvalue weighted by Crippen LogP contribution is 2.32. The highest BCUT2D eigenvalue weighted by Gasteiger charge is 2.54. The van der Waals surface area contributed by atoms with Crippen molar-refractivity contribution >= 4 is 11.9 Å². The predicted molar refractivity (Wildman–Crippen MR) is 72.0 cm³/mol. The molecule has 2 bridgehead atoms. The number of amides is 1. The van der Waals surface area contributed by atoms with Crippen molar-refractivity contribution in [1.29, 1.82) is 0 Å². The van der Waals surface area contributed by atoms with Crippen molar-refractivity contribution in [2.24, 2.45) is 0 Å². The molecule has 0 N–H and O–H groups in total. The summed E-state index contributed by atoms with van der Waals surface area (Å²) in [6.45, 7) is 2.32. The molecule has 2 fully saturated rings. The second-order valence-corrected chi connectivity index (χ2v) is 5.20. The highest BCUT2D eigenvalue weighted by atomic mass is 16.8. The Labute approximate surface area is 122 Å². The number of fused-ring (bicyclic) bond motifs is 2. The molecule has 1 aromatic carbocycles. The number of nitrogens with zero attached hydrogens (tertiary/aromatic N) is 1. The summed E-state index contributed by atoms with van der Waals surface area (Å²) in [5, 5.41) is 0. The smallest absolute Gasteiger partial charge is 0.337 e. The Morgan fingerprint density at radius 1 is 1.29 bits per heavy atom. The van der Waals surface area contributed by atoms with Crippen molar-refractivity contribution in [2.75, 3.05) is 7.11 Å². The fourth-order valence-corrected chi connectivity index (χ4v) is 2.76. The van der Waals surface area contributed by atoms with Gasteiger partial charge in [-0.3, -0.25) is 4.79 Å². The van der Waals surface area contributed by atoms with E-state index in [9.17, 15) is 9.59 Å². The van der Waals surface area contributed by atoms with Gasteiger partial charge in [-0.25, -0.2) is 4.79 Å². The number of hydrogen-bond donors (Lipinski definition) is 0. The molecule has 0 unspecified atom stereocenters. The van der Waals surface area contributed by atoms with Crippen molar-refractivity contribution < 1.29 is 23.8 Å². The Morgan fingerprint density at radius 2 is 2.00 bits per heavy atom. The van der Waals surface area contributed by atoms with E-state index in [1.54, 1.807) is 4.90 Å². The molecule has 1 amide bonds. The molecule has 6 nitrogen and oxygen atoms in total. The molecular weight excluding hydrogens is 274 g/mol. The molecule has 0 aliphatic carbocycles. The number of methoxy groups -OCH3 is 1. The zero-order chi connectivity index (χ0) is 15.0. The maximum absolute atomic E-state index is 12.4. The molecule has 1 aromatic rings. The first-order valence-electron chi connectivity index (χ1n) is 6.85. The van der Waals surface area contributed by atoms with E-state index in [2.05, 4.69) is 0 Å². The maximum Gasteiger partial charge on any atom is 0.337 e. The molecule has 2 aliphatic heterocycles. The van der Waals surface area contributed by atoms with Crippen LogP contribution in [-0.4, -0.2) is 48.4 Å². The topological polar surface area (TPSA) is 65.1 Å². The molecule has 0 radical (unpaired) electrons. The Hall–Kier alpha value is -1.92. The summed E-state index contributed by atoms with van der Waals surface area (Å²) in [5.41, 5.74) is 1.02. The molecule has 112 valence electrons. The minimum Gasteiger partial charge on any atom is -0.467 e. The number of carbonyl (C=O) groups excluding carboxylic acids is 2. The van der Waals surface area contributed by atoms with E-state index >= 15 is 0 Å². The SMILES string of the molecule is COC(=O)[C@@H]1O[C@@H]2O[C@@H]1[C@@H](C)N(Cc1ccccc1)C2=O. The van der Waals surface area contributed by atoms with Crippen LogP contribution in [0.25, 0.3) is 0 Å². The molecule has 3 rings (SSSR count). The molecule has 6 heteroatoms. The monoisotopic (exact) mass is 291 g/mol. The van der Waals surface area contributed by atoms with Gasteiger partial charge in [-0.15, -0.1) is 0 Å². The average molecular weight is 291 g/mol. The fraction of sp³-hybridized carbons (Fsp3) is 0.467. The number of esters is 1. The summed E-state index contributed by atoms with van der Waals surface area (Å²) in [6, 6.07) is 9.42. The molecule has 0 aromatic heterocycles. The second-order valence-electron chi connectivity index (χ2n) is 5.20. The molecule has 4 atom stereocenters. The van der Waals surface area contributed by atoms with Gasteiger partial charge < -0.3 is 19.1 Å². The van der Waals surface area contributed by atoms with E-state index in [4.69, 9.17) is 14.2 Å². The third-order valence-electron chi connectivity index (χ3n) is 3.93. The predicted octanol–water partition coefficient (Wildman–Crippen LogP) is 0.700. The van der Waals surface area contributed by atoms with E-state index in [1.165, 1.54) is 7.11 Å². The lowest BCUT2D eigenvalue weighted by Crippen LogP contribution is -2.54. The Kier molecular flexibility index (Phi) is 3.65. The van der Waals surface area contributed by atoms with Crippen LogP contribution in [0, 0.1) is 0 Å². The van der Waals surface area contributed by atoms with Crippen LogP contribution in [0.2, 0.25) is 0 Å². The van der Waals surface area contributed by atoms with E-state index in [0.29, 0.717) is 6.54 Å². The first kappa shape index (κ1) is 14.0. The van der Waals surface area contributed by atoms with Gasteiger partial charge in [0.2, 0.25) is 6.29 Å². The molecule has 21 heavy (non-hydrogen) atoms. The zero-order valence-corrected chi connectivity index (χ0v) is 11.9. The highest BCUT2D eigenvalue weighted by molar-refractivity contribution is 5.84. The van der Waals surface area contributed by atoms with Crippen molar-refractivity contribution in [3.63, 3.8) is 0 Å². The number of morpholine rings is 1. The van der Waals surface area contributed by atoms with E-state index < -0.39 is 24.5 Å². The Bertz CT molecular complexity index is 546. The first-order chi connectivity index (χ1) is 10.1. The lowest BCUT2D eigenvalue weighted by atomic mass is 10.0. The zero-order valence-electron chi connectivity index (χ0n) is 11.9. The van der Waals surface area contributed by atoms with Crippen LogP contribution in [-0.2, 0) is 30.3 Å². The normalized spacial score (nSPS) is 31.3. The van der Waals surface area contributed by atoms with Gasteiger partial charge in [0.05, 0.1) is 13.2 Å². The van der Waals surface area contributed by atoms with Crippen LogP contribution in [0.3, 0.4) is 0 Å². The van der Waals surface area contributed by atoms with Crippen LogP contribution in [0.1, 0.15) is 12.5 Å². The summed E-state index contributed by atoms with van der Waals surface area (Å²) in [5.74, 6) is -0.766. The quantitative estimate of drug-likeness (QED) is 0.767. The van der Waals surface area contributed by atoms with Gasteiger partial charge in [-0.1, -0.05) is 30.3 Å². The van der Waals surface area contributed by atoms with E-state index in [-0.39, 0.29) is 11.9 Å². The summed E-state index contributed by atoms with van der Waals surface area (Å²) < 4.78 is 15.6. The molecule has 2 aliphatic rings. The standard InChI is InChI=1S/C15H17NO5/c1-9-11-12(14(18)19-2)21-15(20-11)13(17)16(9)8-10-6-4-3-5-7-10/h3-7,9,11-12,15H,8H2,1-2H3/t9-,11-,12-,15+/m1/s1. The van der Waals surface area contributed by atoms with Crippen LogP contribution in [0.4, 0.5) is 0 Å². The summed E-state index contributed by atoms with van der Waals surface area (Å²) in [7, 11) is 1.29. The van der Waals surface area contributed by atoms with Gasteiger partial charge in [-0.05, 0) is 12.5 Å². The van der Waals surface area contributed by atoms with Gasteiger partial charge in [-0.2, -0.15) is 0 Å². The van der Waals surface area contributed by atoms with Crippen molar-refractivity contribution in [2.45, 2.75) is 38.0 Å². The van der Waals surface area contributed by atoms with Gasteiger partial charge in [0.15, 0.2) is 6.10 Å². The Balaban J connectivity index is 1.81. The number of ether oxygens (including phenoxy) is 3. The van der Waals surface area contributed by atoms with Crippen LogP contribution in [0.15, 0.2) is 30.3 Å². The van der Waals surface area contributed by atoms with E-state index in [0.717, 1.165) is 5.56 Å². The van der Waals surface area contributed by atoms with Crippen LogP contribution in [0.5, 0.6) is 0 Å². The van der Waals surface area contributed by atoms with Crippen molar-refractivity contribution in [3.05, 3.63) is 35.9 Å². The van der Waals surface area contributed by atoms with Crippen molar-refractivity contribution in [3.8, 4) is 0 Å². The van der Waals surface area contributed by atoms with Gasteiger partial charge >= 0.3 is 5.97 Å². The Morgan fingerprint density at radius 3 is 2.67 bits per heavy atom. The largest absolute Gasteiger partial charge is 0.467 e. The number of carbonyl (C=O) groups is 2. The minimum absolute atomic E-state index is 0.256. The van der Waals surface area contributed by atoms with Gasteiger partial charge in [0.25, 0.3) is 5.91 Å². The van der Waals surface area contributed by atoms with Gasteiger partial charge in [0.1, 0.15) is 6.10 Å². The fourth-order valence-electron chi connectivity index (χ4n) is 2.76. The number of benzene rings is 1. The van der Waals surface area contributed by atoms with Crippen molar-refractivity contribution in [1.82, 2.24) is 4.90 Å². The summed E-state index contributed by atoms with van der Waals surface area (Å²) in [4.78, 5) is 25.8. The molecular formula is C15H17NO5. The lowest BCUT2D eigenvalue weighted by molar-refractivity contribution is -0.178.